The molecule has 0 radical (unpaired) electrons. The van der Waals surface area contributed by atoms with E-state index in [1.807, 2.05) is 0 Å². The number of aryl methyl sites for hydroxylation is 4. The third kappa shape index (κ3) is 3.24. The summed E-state index contributed by atoms with van der Waals surface area (Å²) in [5.74, 6) is 0. The van der Waals surface area contributed by atoms with Crippen LogP contribution in [0.1, 0.15) is 35.1 Å². The van der Waals surface area contributed by atoms with E-state index in [1.165, 1.54) is 38.5 Å². The average molecular weight is 254 g/mol. The van der Waals surface area contributed by atoms with Crippen molar-refractivity contribution in [1.29, 1.82) is 0 Å². The summed E-state index contributed by atoms with van der Waals surface area (Å²) >= 11 is 0. The van der Waals surface area contributed by atoms with Gasteiger partial charge in [0.05, 0.1) is 0 Å². The van der Waals surface area contributed by atoms with Gasteiger partial charge in [0, 0.05) is 0 Å². The predicted octanol–water partition coefficient (Wildman–Crippen LogP) is 3.53. The first-order chi connectivity index (χ1) is 8.93. The predicted molar refractivity (Wildman–Crippen MR) is 80.5 cm³/mol. The van der Waals surface area contributed by atoms with Gasteiger partial charge >= 0.3 is 0 Å². The Morgan fingerprint density at radius 3 is 1.00 bits per heavy atom. The van der Waals surface area contributed by atoms with Gasteiger partial charge in [-0.2, -0.15) is 0 Å². The molecule has 2 aromatic carbocycles. The summed E-state index contributed by atoms with van der Waals surface area (Å²) in [4.78, 5) is 0. The van der Waals surface area contributed by atoms with Crippen LogP contribution in [0.15, 0.2) is 48.5 Å². The van der Waals surface area contributed by atoms with Crippen molar-refractivity contribution in [3.05, 3.63) is 70.8 Å². The summed E-state index contributed by atoms with van der Waals surface area (Å²) in [6.45, 7) is 0. The SMILES string of the molecule is O.c1ccc2c(c1)CCC2.c1ccc2c(c1)CCC2. The van der Waals surface area contributed by atoms with Gasteiger partial charge in [0.2, 0.25) is 0 Å². The highest BCUT2D eigenvalue weighted by Crippen LogP contribution is 2.20. The smallest absolute Gasteiger partial charge is 0.0273 e. The number of hydrogen-bond donors (Lipinski definition) is 0. The Balaban J connectivity index is 0.000000133. The summed E-state index contributed by atoms with van der Waals surface area (Å²) in [5.41, 5.74) is 6.27. The fourth-order valence-corrected chi connectivity index (χ4v) is 3.03. The summed E-state index contributed by atoms with van der Waals surface area (Å²) in [7, 11) is 0. The number of rotatable bonds is 0. The highest BCUT2D eigenvalue weighted by Gasteiger charge is 2.07. The van der Waals surface area contributed by atoms with Gasteiger partial charge in [-0.25, -0.2) is 0 Å². The lowest BCUT2D eigenvalue weighted by atomic mass is 10.1. The van der Waals surface area contributed by atoms with Crippen LogP contribution in [-0.2, 0) is 25.7 Å². The first-order valence-corrected chi connectivity index (χ1v) is 7.07. The number of fused-ring (bicyclic) bond motifs is 2. The number of benzene rings is 2. The van der Waals surface area contributed by atoms with Crippen molar-refractivity contribution in [2.45, 2.75) is 38.5 Å². The van der Waals surface area contributed by atoms with E-state index in [0.29, 0.717) is 0 Å². The summed E-state index contributed by atoms with van der Waals surface area (Å²) in [6.07, 6.45) is 7.93. The van der Waals surface area contributed by atoms with E-state index in [2.05, 4.69) is 48.5 Å². The fraction of sp³-hybridized carbons (Fsp3) is 0.333. The Morgan fingerprint density at radius 1 is 0.474 bits per heavy atom. The van der Waals surface area contributed by atoms with E-state index in [-0.39, 0.29) is 5.48 Å². The zero-order valence-electron chi connectivity index (χ0n) is 11.4. The minimum absolute atomic E-state index is 0. The van der Waals surface area contributed by atoms with Crippen molar-refractivity contribution >= 4 is 0 Å². The molecule has 0 heterocycles. The molecule has 0 unspecified atom stereocenters. The van der Waals surface area contributed by atoms with E-state index in [4.69, 9.17) is 0 Å². The topological polar surface area (TPSA) is 31.5 Å². The molecule has 2 aliphatic carbocycles. The van der Waals surface area contributed by atoms with Crippen LogP contribution in [0.2, 0.25) is 0 Å². The largest absolute Gasteiger partial charge is 0.412 e. The molecule has 1 nitrogen and oxygen atoms in total. The molecule has 0 saturated heterocycles. The zero-order valence-corrected chi connectivity index (χ0v) is 11.4. The minimum atomic E-state index is 0. The lowest BCUT2D eigenvalue weighted by molar-refractivity contribution is 0.824. The molecule has 0 spiro atoms. The van der Waals surface area contributed by atoms with Crippen LogP contribution < -0.4 is 0 Å². The molecule has 0 bridgehead atoms. The van der Waals surface area contributed by atoms with Gasteiger partial charge in [0.1, 0.15) is 0 Å². The van der Waals surface area contributed by atoms with Gasteiger partial charge in [-0.1, -0.05) is 48.5 Å². The highest BCUT2D eigenvalue weighted by atomic mass is 16.0. The first-order valence-electron chi connectivity index (χ1n) is 7.07. The van der Waals surface area contributed by atoms with Crippen LogP contribution in [-0.4, -0.2) is 5.48 Å². The van der Waals surface area contributed by atoms with E-state index >= 15 is 0 Å². The molecule has 2 aliphatic rings. The normalized spacial score (nSPS) is 14.7. The van der Waals surface area contributed by atoms with Gasteiger partial charge in [0.15, 0.2) is 0 Å². The molecule has 1 heteroatoms. The molecular weight excluding hydrogens is 232 g/mol. The van der Waals surface area contributed by atoms with E-state index < -0.39 is 0 Å². The molecule has 2 aromatic rings. The second-order valence-electron chi connectivity index (χ2n) is 5.24. The molecule has 0 aliphatic heterocycles. The zero-order chi connectivity index (χ0) is 12.2. The lowest BCUT2D eigenvalue weighted by Crippen LogP contribution is -1.77. The molecule has 0 fully saturated rings. The van der Waals surface area contributed by atoms with Gasteiger partial charge in [-0.05, 0) is 60.8 Å². The van der Waals surface area contributed by atoms with E-state index in [0.717, 1.165) is 0 Å². The van der Waals surface area contributed by atoms with Crippen molar-refractivity contribution in [2.75, 3.05) is 0 Å². The maximum Gasteiger partial charge on any atom is -0.0273 e. The molecule has 0 atom stereocenters. The molecule has 0 saturated carbocycles. The second kappa shape index (κ2) is 6.53. The van der Waals surface area contributed by atoms with Crippen molar-refractivity contribution < 1.29 is 5.48 Å². The Hall–Kier alpha value is -1.60. The van der Waals surface area contributed by atoms with E-state index in [9.17, 15) is 0 Å². The molecule has 0 aromatic heterocycles. The average Bonchev–Trinajstić information content (AvgIpc) is 3.08. The fourth-order valence-electron chi connectivity index (χ4n) is 3.03. The molecule has 0 amide bonds. The molecular formula is C18H22O. The van der Waals surface area contributed by atoms with Gasteiger partial charge in [0.25, 0.3) is 0 Å². The van der Waals surface area contributed by atoms with Crippen molar-refractivity contribution in [1.82, 2.24) is 0 Å². The maximum absolute atomic E-state index is 2.24. The molecule has 4 rings (SSSR count). The third-order valence-electron chi connectivity index (χ3n) is 4.02. The molecule has 2 N–H and O–H groups in total. The lowest BCUT2D eigenvalue weighted by Gasteiger charge is -1.93. The molecule has 19 heavy (non-hydrogen) atoms. The van der Waals surface area contributed by atoms with Crippen molar-refractivity contribution in [3.63, 3.8) is 0 Å². The summed E-state index contributed by atoms with van der Waals surface area (Å²) in [6, 6.07) is 17.5. The van der Waals surface area contributed by atoms with Crippen molar-refractivity contribution in [3.8, 4) is 0 Å². The summed E-state index contributed by atoms with van der Waals surface area (Å²) in [5, 5.41) is 0. The quantitative estimate of drug-likeness (QED) is 0.689. The van der Waals surface area contributed by atoms with Crippen LogP contribution in [0.5, 0.6) is 0 Å². The van der Waals surface area contributed by atoms with Crippen LogP contribution in [0.4, 0.5) is 0 Å². The standard InChI is InChI=1S/2C9H10.H2O/c2*1-2-5-9-7-3-6-8(9)4-1;/h2*1-2,4-5H,3,6-7H2;1H2. The Morgan fingerprint density at radius 2 is 0.737 bits per heavy atom. The Bertz CT molecular complexity index is 435. The highest BCUT2D eigenvalue weighted by molar-refractivity contribution is 5.31. The third-order valence-corrected chi connectivity index (χ3v) is 4.02. The minimum Gasteiger partial charge on any atom is -0.412 e. The van der Waals surface area contributed by atoms with Gasteiger partial charge in [-0.3, -0.25) is 0 Å². The molecule has 100 valence electrons. The van der Waals surface area contributed by atoms with E-state index in [1.54, 1.807) is 22.3 Å². The van der Waals surface area contributed by atoms with Gasteiger partial charge < -0.3 is 5.48 Å². The van der Waals surface area contributed by atoms with Crippen molar-refractivity contribution in [2.24, 2.45) is 0 Å². The number of hydrogen-bond acceptors (Lipinski definition) is 0. The summed E-state index contributed by atoms with van der Waals surface area (Å²) < 4.78 is 0. The first kappa shape index (κ1) is 13.8. The maximum atomic E-state index is 2.24. The van der Waals surface area contributed by atoms with Crippen LogP contribution in [0, 0.1) is 0 Å². The monoisotopic (exact) mass is 254 g/mol. The van der Waals surface area contributed by atoms with Crippen LogP contribution in [0.3, 0.4) is 0 Å². The van der Waals surface area contributed by atoms with Crippen LogP contribution in [0.25, 0.3) is 0 Å². The Kier molecular flexibility index (Phi) is 4.75. The Labute approximate surface area is 115 Å². The van der Waals surface area contributed by atoms with Gasteiger partial charge in [-0.15, -0.1) is 0 Å². The second-order valence-corrected chi connectivity index (χ2v) is 5.24. The van der Waals surface area contributed by atoms with Crippen LogP contribution >= 0.6 is 0 Å².